The van der Waals surface area contributed by atoms with E-state index in [1.54, 1.807) is 7.11 Å². The van der Waals surface area contributed by atoms with Crippen molar-refractivity contribution in [2.75, 3.05) is 14.2 Å². The van der Waals surface area contributed by atoms with E-state index < -0.39 is 0 Å². The van der Waals surface area contributed by atoms with Gasteiger partial charge in [-0.05, 0) is 83.6 Å². The third-order valence-electron chi connectivity index (χ3n) is 4.36. The van der Waals surface area contributed by atoms with Crippen molar-refractivity contribution in [3.05, 3.63) is 63.8 Å². The Hall–Kier alpha value is -2.29. The van der Waals surface area contributed by atoms with Crippen LogP contribution in [0.25, 0.3) is 0 Å². The maximum atomic E-state index is 12.1. The highest BCUT2D eigenvalue weighted by Crippen LogP contribution is 2.29. The molecular formula is C24H34O3. The molecule has 0 spiro atoms. The predicted octanol–water partition coefficient (Wildman–Crippen LogP) is 6.23. The van der Waals surface area contributed by atoms with Crippen molar-refractivity contribution in [1.82, 2.24) is 0 Å². The Balaban J connectivity index is 3.18. The van der Waals surface area contributed by atoms with E-state index in [0.29, 0.717) is 5.56 Å². The van der Waals surface area contributed by atoms with Gasteiger partial charge in [0.1, 0.15) is 5.75 Å². The average Bonchev–Trinajstić information content (AvgIpc) is 2.62. The van der Waals surface area contributed by atoms with Crippen molar-refractivity contribution in [2.24, 2.45) is 0 Å². The second-order valence-corrected chi connectivity index (χ2v) is 7.38. The molecule has 0 heterocycles. The summed E-state index contributed by atoms with van der Waals surface area (Å²) in [4.78, 5) is 12.1. The molecule has 0 saturated heterocycles. The van der Waals surface area contributed by atoms with Crippen LogP contribution in [0.15, 0.2) is 47.1 Å². The summed E-state index contributed by atoms with van der Waals surface area (Å²) in [5, 5.41) is 0. The number of allylic oxidation sites excluding steroid dienone is 6. The van der Waals surface area contributed by atoms with Crippen LogP contribution < -0.4 is 4.74 Å². The van der Waals surface area contributed by atoms with Gasteiger partial charge in [0.2, 0.25) is 0 Å². The van der Waals surface area contributed by atoms with Gasteiger partial charge in [0.15, 0.2) is 0 Å². The van der Waals surface area contributed by atoms with E-state index in [1.807, 2.05) is 12.1 Å². The highest BCUT2D eigenvalue weighted by atomic mass is 16.5. The minimum absolute atomic E-state index is 0.318. The van der Waals surface area contributed by atoms with Gasteiger partial charge in [0.25, 0.3) is 0 Å². The third kappa shape index (κ3) is 7.86. The summed E-state index contributed by atoms with van der Waals surface area (Å²) in [5.74, 6) is 0.537. The van der Waals surface area contributed by atoms with Crippen molar-refractivity contribution >= 4 is 5.97 Å². The van der Waals surface area contributed by atoms with E-state index in [2.05, 4.69) is 52.8 Å². The first-order valence-electron chi connectivity index (χ1n) is 9.49. The molecular weight excluding hydrogens is 336 g/mol. The van der Waals surface area contributed by atoms with Crippen LogP contribution in [0.3, 0.4) is 0 Å². The highest BCUT2D eigenvalue weighted by Gasteiger charge is 2.15. The zero-order valence-corrected chi connectivity index (χ0v) is 17.9. The lowest BCUT2D eigenvalue weighted by molar-refractivity contribution is 0.0600. The largest absolute Gasteiger partial charge is 0.496 e. The molecule has 0 radical (unpaired) electrons. The van der Waals surface area contributed by atoms with Crippen molar-refractivity contribution in [1.29, 1.82) is 0 Å². The second kappa shape index (κ2) is 11.4. The minimum atomic E-state index is -0.318. The van der Waals surface area contributed by atoms with E-state index in [4.69, 9.17) is 9.47 Å². The van der Waals surface area contributed by atoms with Gasteiger partial charge in [-0.1, -0.05) is 34.9 Å². The van der Waals surface area contributed by atoms with Gasteiger partial charge in [-0.25, -0.2) is 4.79 Å². The fourth-order valence-electron chi connectivity index (χ4n) is 2.84. The first-order chi connectivity index (χ1) is 12.8. The smallest absolute Gasteiger partial charge is 0.337 e. The van der Waals surface area contributed by atoms with Crippen molar-refractivity contribution in [2.45, 2.75) is 60.3 Å². The molecule has 3 nitrogen and oxygen atoms in total. The molecule has 0 fully saturated rings. The lowest BCUT2D eigenvalue weighted by atomic mass is 9.97. The van der Waals surface area contributed by atoms with Gasteiger partial charge in [-0.15, -0.1) is 0 Å². The van der Waals surface area contributed by atoms with Gasteiger partial charge in [0.05, 0.1) is 19.8 Å². The van der Waals surface area contributed by atoms with Crippen LogP contribution in [0.5, 0.6) is 5.75 Å². The number of carbonyl (C=O) groups excluding carboxylic acids is 1. The average molecular weight is 371 g/mol. The number of ether oxygens (including phenoxy) is 2. The summed E-state index contributed by atoms with van der Waals surface area (Å²) >= 11 is 0. The summed E-state index contributed by atoms with van der Waals surface area (Å²) in [6, 6.07) is 3.76. The molecule has 0 amide bonds. The molecule has 0 aliphatic rings. The Labute approximate surface area is 164 Å². The fraction of sp³-hybridized carbons (Fsp3) is 0.458. The maximum Gasteiger partial charge on any atom is 0.337 e. The van der Waals surface area contributed by atoms with Crippen molar-refractivity contribution in [3.63, 3.8) is 0 Å². The van der Waals surface area contributed by atoms with Crippen LogP contribution in [0.1, 0.15) is 68.9 Å². The summed E-state index contributed by atoms with van der Waals surface area (Å²) in [6.45, 7) is 10.5. The molecule has 0 unspecified atom stereocenters. The molecule has 0 aromatic heterocycles. The molecule has 0 aliphatic carbocycles. The monoisotopic (exact) mass is 370 g/mol. The molecule has 3 heteroatoms. The van der Waals surface area contributed by atoms with E-state index in [9.17, 15) is 4.79 Å². The molecule has 1 aromatic carbocycles. The third-order valence-corrected chi connectivity index (χ3v) is 4.36. The normalized spacial score (nSPS) is 11.0. The molecule has 0 atom stereocenters. The first kappa shape index (κ1) is 22.8. The lowest BCUT2D eigenvalue weighted by Gasteiger charge is -2.14. The quantitative estimate of drug-likeness (QED) is 0.382. The number of hydrogen-bond donors (Lipinski definition) is 0. The van der Waals surface area contributed by atoms with Gasteiger partial charge in [-0.3, -0.25) is 0 Å². The van der Waals surface area contributed by atoms with Crippen LogP contribution in [0.2, 0.25) is 0 Å². The van der Waals surface area contributed by atoms with E-state index in [1.165, 1.54) is 23.8 Å². The van der Waals surface area contributed by atoms with Crippen molar-refractivity contribution < 1.29 is 14.3 Å². The predicted molar refractivity (Wildman–Crippen MR) is 114 cm³/mol. The van der Waals surface area contributed by atoms with Crippen LogP contribution in [0.4, 0.5) is 0 Å². The van der Waals surface area contributed by atoms with Crippen molar-refractivity contribution in [3.8, 4) is 5.75 Å². The molecule has 1 rings (SSSR count). The fourth-order valence-corrected chi connectivity index (χ4v) is 2.84. The number of rotatable bonds is 9. The molecule has 0 N–H and O–H groups in total. The molecule has 0 bridgehead atoms. The number of benzene rings is 1. The van der Waals surface area contributed by atoms with E-state index in [0.717, 1.165) is 42.6 Å². The molecule has 0 saturated carbocycles. The maximum absolute atomic E-state index is 12.1. The molecule has 148 valence electrons. The summed E-state index contributed by atoms with van der Waals surface area (Å²) in [7, 11) is 3.10. The van der Waals surface area contributed by atoms with Gasteiger partial charge in [-0.2, -0.15) is 0 Å². The van der Waals surface area contributed by atoms with Gasteiger partial charge in [0, 0.05) is 0 Å². The Kier molecular flexibility index (Phi) is 9.63. The Morgan fingerprint density at radius 1 is 0.889 bits per heavy atom. The van der Waals surface area contributed by atoms with Crippen LogP contribution in [-0.4, -0.2) is 20.2 Å². The van der Waals surface area contributed by atoms with Gasteiger partial charge < -0.3 is 9.47 Å². The van der Waals surface area contributed by atoms with Crippen LogP contribution in [0, 0.1) is 0 Å². The zero-order chi connectivity index (χ0) is 20.4. The highest BCUT2D eigenvalue weighted by molar-refractivity contribution is 5.90. The SMILES string of the molecule is COC(=O)c1cc(CC=C(C)C)c(OC)c(C/C=C(\C)CCC=C(C)C)c1. The van der Waals surface area contributed by atoms with Gasteiger partial charge >= 0.3 is 5.97 Å². The number of methoxy groups -OCH3 is 2. The topological polar surface area (TPSA) is 35.5 Å². The molecule has 0 aliphatic heterocycles. The lowest BCUT2D eigenvalue weighted by Crippen LogP contribution is -2.06. The van der Waals surface area contributed by atoms with Crippen LogP contribution >= 0.6 is 0 Å². The summed E-state index contributed by atoms with van der Waals surface area (Å²) in [5.41, 5.74) is 6.51. The zero-order valence-electron chi connectivity index (χ0n) is 17.9. The standard InChI is InChI=1S/C24H34O3/c1-17(2)9-8-10-19(5)12-14-21-16-22(24(25)27-7)15-20(23(21)26-6)13-11-18(3)4/h9,11-12,15-16H,8,10,13-14H2,1-7H3/b19-12+. The second-order valence-electron chi connectivity index (χ2n) is 7.38. The molecule has 1 aromatic rings. The van der Waals surface area contributed by atoms with Crippen LogP contribution in [-0.2, 0) is 17.6 Å². The minimum Gasteiger partial charge on any atom is -0.496 e. The number of esters is 1. The molecule has 27 heavy (non-hydrogen) atoms. The summed E-state index contributed by atoms with van der Waals surface area (Å²) < 4.78 is 10.6. The number of hydrogen-bond acceptors (Lipinski definition) is 3. The Morgan fingerprint density at radius 2 is 1.44 bits per heavy atom. The first-order valence-corrected chi connectivity index (χ1v) is 9.49. The Morgan fingerprint density at radius 3 is 1.93 bits per heavy atom. The summed E-state index contributed by atoms with van der Waals surface area (Å²) in [6.07, 6.45) is 10.2. The number of carbonyl (C=O) groups is 1. The van der Waals surface area contributed by atoms with E-state index in [-0.39, 0.29) is 5.97 Å². The van der Waals surface area contributed by atoms with E-state index >= 15 is 0 Å². The Bertz CT molecular complexity index is 728.